The first-order valence-electron chi connectivity index (χ1n) is 17.0. The van der Waals surface area contributed by atoms with Gasteiger partial charge in [0.2, 0.25) is 0 Å². The average molecular weight is 578 g/mol. The Hall–Kier alpha value is -4.62. The Morgan fingerprint density at radius 1 is 0.467 bits per heavy atom. The van der Waals surface area contributed by atoms with Gasteiger partial charge in [0.05, 0.1) is 11.0 Å². The summed E-state index contributed by atoms with van der Waals surface area (Å²) in [5.41, 5.74) is 12.8. The van der Waals surface area contributed by atoms with Crippen LogP contribution < -0.4 is 0 Å². The molecule has 0 saturated heterocycles. The number of aromatic nitrogens is 1. The molecule has 7 aromatic rings. The van der Waals surface area contributed by atoms with Gasteiger partial charge in [0.15, 0.2) is 0 Å². The molecule has 0 amide bonds. The highest BCUT2D eigenvalue weighted by molar-refractivity contribution is 6.10. The fraction of sp³-hybridized carbons (Fsp3) is 0.227. The zero-order valence-electron chi connectivity index (χ0n) is 25.4. The largest absolute Gasteiger partial charge is 0.309 e. The van der Waals surface area contributed by atoms with Crippen molar-refractivity contribution >= 4 is 32.6 Å². The molecule has 1 nitrogen and oxygen atoms in total. The van der Waals surface area contributed by atoms with Crippen LogP contribution in [-0.2, 0) is 5.41 Å². The van der Waals surface area contributed by atoms with E-state index in [0.29, 0.717) is 0 Å². The minimum atomic E-state index is 0.231. The molecule has 0 aliphatic heterocycles. The Morgan fingerprint density at radius 3 is 2.00 bits per heavy atom. The Morgan fingerprint density at radius 2 is 1.13 bits per heavy atom. The zero-order valence-corrected chi connectivity index (χ0v) is 25.4. The SMILES string of the molecule is c1ccc2c(c1)-c1cc(-c3ccc4c(c3)c3ccccc3n4-c3ccc4ccccc4c3)ccc1C21C2CC3CC(C2)CC1C3. The third-order valence-corrected chi connectivity index (χ3v) is 12.6. The summed E-state index contributed by atoms with van der Waals surface area (Å²) in [5.74, 6) is 3.55. The Bertz CT molecular complexity index is 2320. The molecule has 4 bridgehead atoms. The van der Waals surface area contributed by atoms with Crippen LogP contribution in [0.15, 0.2) is 127 Å². The van der Waals surface area contributed by atoms with Crippen molar-refractivity contribution in [3.8, 4) is 27.9 Å². The van der Waals surface area contributed by atoms with E-state index in [2.05, 4.69) is 132 Å². The molecule has 1 spiro atoms. The van der Waals surface area contributed by atoms with E-state index >= 15 is 0 Å². The van der Waals surface area contributed by atoms with Gasteiger partial charge in [-0.15, -0.1) is 0 Å². The second-order valence-corrected chi connectivity index (χ2v) is 14.6. The van der Waals surface area contributed by atoms with Gasteiger partial charge in [-0.05, 0) is 136 Å². The number of fused-ring (bicyclic) bond motifs is 7. The number of hydrogen-bond donors (Lipinski definition) is 0. The maximum atomic E-state index is 2.55. The first-order chi connectivity index (χ1) is 22.3. The van der Waals surface area contributed by atoms with Crippen molar-refractivity contribution < 1.29 is 0 Å². The van der Waals surface area contributed by atoms with E-state index in [0.717, 1.165) is 23.7 Å². The summed E-state index contributed by atoms with van der Waals surface area (Å²) < 4.78 is 2.44. The molecule has 0 atom stereocenters. The van der Waals surface area contributed by atoms with Crippen LogP contribution in [0.5, 0.6) is 0 Å². The Balaban J connectivity index is 1.09. The van der Waals surface area contributed by atoms with Gasteiger partial charge in [0.1, 0.15) is 0 Å². The van der Waals surface area contributed by atoms with Crippen molar-refractivity contribution in [3.63, 3.8) is 0 Å². The van der Waals surface area contributed by atoms with Gasteiger partial charge < -0.3 is 4.57 Å². The molecule has 5 aliphatic rings. The first kappa shape index (κ1) is 24.7. The van der Waals surface area contributed by atoms with Crippen LogP contribution >= 0.6 is 0 Å². The molecule has 5 aliphatic carbocycles. The summed E-state index contributed by atoms with van der Waals surface area (Å²) >= 11 is 0. The average Bonchev–Trinajstić information content (AvgIpc) is 3.57. The maximum absolute atomic E-state index is 2.55. The zero-order chi connectivity index (χ0) is 29.3. The quantitative estimate of drug-likeness (QED) is 0.193. The van der Waals surface area contributed by atoms with Crippen LogP contribution in [0.3, 0.4) is 0 Å². The standard InChI is InChI=1S/C44H35N/c1-2-8-30-24-35(16-13-29(30)7-1)45-42-12-6-4-10-37(42)39-26-32(15-18-43(39)45)31-14-17-41-38(25-31)36-9-3-5-11-40(36)44(41)33-20-27-19-28(22-33)23-34(44)21-27/h1-18,24-28,33-34H,19-23H2. The van der Waals surface area contributed by atoms with E-state index in [1.165, 1.54) is 92.6 Å². The molecule has 1 aromatic heterocycles. The molecule has 1 heteroatoms. The Labute approximate surface area is 264 Å². The number of nitrogens with zero attached hydrogens (tertiary/aromatic N) is 1. The van der Waals surface area contributed by atoms with Crippen LogP contribution in [-0.4, -0.2) is 4.57 Å². The van der Waals surface area contributed by atoms with Gasteiger partial charge in [-0.1, -0.05) is 91.0 Å². The van der Waals surface area contributed by atoms with Crippen LogP contribution in [0.2, 0.25) is 0 Å². The van der Waals surface area contributed by atoms with Crippen LogP contribution in [0.25, 0.3) is 60.5 Å². The second-order valence-electron chi connectivity index (χ2n) is 14.6. The van der Waals surface area contributed by atoms with Gasteiger partial charge in [0.25, 0.3) is 0 Å². The summed E-state index contributed by atoms with van der Waals surface area (Å²) in [6, 6.07) is 48.5. The summed E-state index contributed by atoms with van der Waals surface area (Å²) in [6.07, 6.45) is 7.22. The predicted octanol–water partition coefficient (Wildman–Crippen LogP) is 11.3. The maximum Gasteiger partial charge on any atom is 0.0541 e. The highest BCUT2D eigenvalue weighted by Crippen LogP contribution is 2.69. The topological polar surface area (TPSA) is 4.93 Å². The van der Waals surface area contributed by atoms with E-state index in [1.807, 2.05) is 0 Å². The molecule has 0 unspecified atom stereocenters. The number of rotatable bonds is 2. The summed E-state index contributed by atoms with van der Waals surface area (Å²) in [7, 11) is 0. The molecular formula is C44H35N. The van der Waals surface area contributed by atoms with Crippen LogP contribution in [0.4, 0.5) is 0 Å². The second kappa shape index (κ2) is 8.76. The molecule has 0 radical (unpaired) electrons. The minimum absolute atomic E-state index is 0.231. The van der Waals surface area contributed by atoms with Gasteiger partial charge in [0, 0.05) is 21.9 Å². The number of benzene rings is 6. The normalized spacial score (nSPS) is 25.9. The minimum Gasteiger partial charge on any atom is -0.309 e. The van der Waals surface area contributed by atoms with Crippen molar-refractivity contribution in [2.75, 3.05) is 0 Å². The molecule has 4 fully saturated rings. The van der Waals surface area contributed by atoms with Crippen LogP contribution in [0.1, 0.15) is 43.2 Å². The first-order valence-corrected chi connectivity index (χ1v) is 17.0. The number of hydrogen-bond acceptors (Lipinski definition) is 0. The molecular weight excluding hydrogens is 542 g/mol. The van der Waals surface area contributed by atoms with Crippen molar-refractivity contribution in [2.45, 2.75) is 37.5 Å². The summed E-state index contributed by atoms with van der Waals surface area (Å²) in [4.78, 5) is 0. The van der Waals surface area contributed by atoms with Gasteiger partial charge in [-0.3, -0.25) is 0 Å². The predicted molar refractivity (Wildman–Crippen MR) is 187 cm³/mol. The molecule has 45 heavy (non-hydrogen) atoms. The smallest absolute Gasteiger partial charge is 0.0541 e. The van der Waals surface area contributed by atoms with E-state index in [1.54, 1.807) is 11.1 Å². The lowest BCUT2D eigenvalue weighted by Gasteiger charge is -2.61. The van der Waals surface area contributed by atoms with Gasteiger partial charge in [-0.25, -0.2) is 0 Å². The molecule has 4 saturated carbocycles. The van der Waals surface area contributed by atoms with Crippen molar-refractivity contribution in [3.05, 3.63) is 139 Å². The molecule has 1 heterocycles. The fourth-order valence-electron chi connectivity index (χ4n) is 11.1. The molecule has 0 N–H and O–H groups in total. The monoisotopic (exact) mass is 577 g/mol. The van der Waals surface area contributed by atoms with Crippen molar-refractivity contribution in [1.82, 2.24) is 4.57 Å². The van der Waals surface area contributed by atoms with Gasteiger partial charge in [-0.2, -0.15) is 0 Å². The highest BCUT2D eigenvalue weighted by Gasteiger charge is 2.61. The third kappa shape index (κ3) is 3.19. The molecule has 12 rings (SSSR count). The van der Waals surface area contributed by atoms with E-state index < -0.39 is 0 Å². The highest BCUT2D eigenvalue weighted by atomic mass is 15.0. The molecule has 6 aromatic carbocycles. The number of para-hydroxylation sites is 1. The summed E-state index contributed by atoms with van der Waals surface area (Å²) in [5, 5.41) is 5.17. The Kier molecular flexibility index (Phi) is 4.80. The van der Waals surface area contributed by atoms with E-state index in [9.17, 15) is 0 Å². The van der Waals surface area contributed by atoms with E-state index in [4.69, 9.17) is 0 Å². The third-order valence-electron chi connectivity index (χ3n) is 12.6. The lowest BCUT2D eigenvalue weighted by Crippen LogP contribution is -2.55. The molecule has 216 valence electrons. The lowest BCUT2D eigenvalue weighted by atomic mass is 9.43. The van der Waals surface area contributed by atoms with Crippen molar-refractivity contribution in [2.24, 2.45) is 23.7 Å². The van der Waals surface area contributed by atoms with Crippen molar-refractivity contribution in [1.29, 1.82) is 0 Å². The lowest BCUT2D eigenvalue weighted by molar-refractivity contribution is -0.0399. The van der Waals surface area contributed by atoms with Crippen LogP contribution in [0, 0.1) is 23.7 Å². The van der Waals surface area contributed by atoms with E-state index in [-0.39, 0.29) is 5.41 Å². The van der Waals surface area contributed by atoms with Gasteiger partial charge >= 0.3 is 0 Å². The fourth-order valence-corrected chi connectivity index (χ4v) is 11.1. The summed E-state index contributed by atoms with van der Waals surface area (Å²) in [6.45, 7) is 0.